The van der Waals surface area contributed by atoms with Gasteiger partial charge in [-0.15, -0.1) is 0 Å². The Morgan fingerprint density at radius 1 is 1.12 bits per heavy atom. The number of rotatable bonds is 2. The second-order valence-corrected chi connectivity index (χ2v) is 4.69. The fraction of sp³-hybridized carbons (Fsp3) is 0.538. The van der Waals surface area contributed by atoms with Crippen molar-refractivity contribution in [2.75, 3.05) is 42.7 Å². The van der Waals surface area contributed by atoms with Crippen LogP contribution in [0, 0.1) is 0 Å². The zero-order valence-electron chi connectivity index (χ0n) is 10.2. The van der Waals surface area contributed by atoms with Crippen molar-refractivity contribution in [1.29, 1.82) is 0 Å². The molecule has 88 valence electrons. The van der Waals surface area contributed by atoms with Crippen molar-refractivity contribution in [3.63, 3.8) is 0 Å². The van der Waals surface area contributed by atoms with Crippen molar-refractivity contribution in [1.82, 2.24) is 0 Å². The maximum atomic E-state index is 6.06. The van der Waals surface area contributed by atoms with Gasteiger partial charge >= 0.3 is 0 Å². The van der Waals surface area contributed by atoms with Gasteiger partial charge in [0.05, 0.1) is 11.4 Å². The summed E-state index contributed by atoms with van der Waals surface area (Å²) in [5.41, 5.74) is 9.37. The lowest BCUT2D eigenvalue weighted by molar-refractivity contribution is 0.578. The molecule has 1 fully saturated rings. The summed E-state index contributed by atoms with van der Waals surface area (Å²) in [6, 6.07) is 6.28. The molecule has 0 amide bonds. The summed E-state index contributed by atoms with van der Waals surface area (Å²) in [7, 11) is 4.12. The van der Waals surface area contributed by atoms with Gasteiger partial charge in [0.1, 0.15) is 0 Å². The fourth-order valence-electron chi connectivity index (χ4n) is 2.22. The van der Waals surface area contributed by atoms with Crippen LogP contribution in [0.25, 0.3) is 0 Å². The van der Waals surface area contributed by atoms with E-state index in [0.717, 1.165) is 18.8 Å². The minimum absolute atomic E-state index is 0.896. The summed E-state index contributed by atoms with van der Waals surface area (Å²) >= 11 is 0. The van der Waals surface area contributed by atoms with Gasteiger partial charge < -0.3 is 15.5 Å². The van der Waals surface area contributed by atoms with Gasteiger partial charge in [-0.1, -0.05) is 0 Å². The molecule has 16 heavy (non-hydrogen) atoms. The third-order valence-electron chi connectivity index (χ3n) is 3.23. The molecule has 1 heterocycles. The summed E-state index contributed by atoms with van der Waals surface area (Å²) in [5, 5.41) is 0. The van der Waals surface area contributed by atoms with E-state index in [1.54, 1.807) is 0 Å². The maximum Gasteiger partial charge on any atom is 0.0620 e. The van der Waals surface area contributed by atoms with Gasteiger partial charge in [-0.05, 0) is 37.5 Å². The number of nitrogen functional groups attached to an aromatic ring is 1. The van der Waals surface area contributed by atoms with Gasteiger partial charge in [0.2, 0.25) is 0 Å². The number of piperidine rings is 1. The van der Waals surface area contributed by atoms with Gasteiger partial charge in [0.25, 0.3) is 0 Å². The zero-order chi connectivity index (χ0) is 11.5. The minimum Gasteiger partial charge on any atom is -0.397 e. The highest BCUT2D eigenvalue weighted by Gasteiger charge is 2.14. The molecule has 1 saturated heterocycles. The molecule has 3 nitrogen and oxygen atoms in total. The lowest BCUT2D eigenvalue weighted by Gasteiger charge is -2.30. The van der Waals surface area contributed by atoms with Crippen molar-refractivity contribution in [3.8, 4) is 0 Å². The molecule has 0 atom stereocenters. The van der Waals surface area contributed by atoms with Crippen LogP contribution in [0.3, 0.4) is 0 Å². The van der Waals surface area contributed by atoms with E-state index in [4.69, 9.17) is 5.73 Å². The molecule has 0 saturated carbocycles. The van der Waals surface area contributed by atoms with Crippen LogP contribution in [-0.2, 0) is 0 Å². The molecular formula is C13H21N3. The number of nitrogens with two attached hydrogens (primary N) is 1. The van der Waals surface area contributed by atoms with E-state index in [-0.39, 0.29) is 0 Å². The summed E-state index contributed by atoms with van der Waals surface area (Å²) in [6.45, 7) is 2.28. The molecule has 1 aromatic rings. The average Bonchev–Trinajstić information content (AvgIpc) is 2.30. The molecular weight excluding hydrogens is 198 g/mol. The molecule has 1 aromatic carbocycles. The fourth-order valence-corrected chi connectivity index (χ4v) is 2.22. The molecule has 2 rings (SSSR count). The van der Waals surface area contributed by atoms with Crippen LogP contribution >= 0.6 is 0 Å². The van der Waals surface area contributed by atoms with Gasteiger partial charge in [-0.25, -0.2) is 0 Å². The summed E-state index contributed by atoms with van der Waals surface area (Å²) in [6.07, 6.45) is 3.92. The summed E-state index contributed by atoms with van der Waals surface area (Å²) < 4.78 is 0. The molecule has 0 aromatic heterocycles. The SMILES string of the molecule is CN(C)c1ccc(N)c(N2CCCCC2)c1. The van der Waals surface area contributed by atoms with E-state index in [1.807, 2.05) is 6.07 Å². The first kappa shape index (κ1) is 11.1. The lowest BCUT2D eigenvalue weighted by atomic mass is 10.1. The molecule has 0 bridgehead atoms. The molecule has 2 N–H and O–H groups in total. The number of nitrogens with zero attached hydrogens (tertiary/aromatic N) is 2. The van der Waals surface area contributed by atoms with Crippen molar-refractivity contribution in [2.45, 2.75) is 19.3 Å². The van der Waals surface area contributed by atoms with Crippen molar-refractivity contribution < 1.29 is 0 Å². The molecule has 0 aliphatic carbocycles. The van der Waals surface area contributed by atoms with Crippen LogP contribution in [0.2, 0.25) is 0 Å². The second-order valence-electron chi connectivity index (χ2n) is 4.69. The molecule has 0 unspecified atom stereocenters. The Morgan fingerprint density at radius 2 is 1.81 bits per heavy atom. The van der Waals surface area contributed by atoms with Gasteiger partial charge in [0.15, 0.2) is 0 Å². The first-order chi connectivity index (χ1) is 7.68. The topological polar surface area (TPSA) is 32.5 Å². The molecule has 1 aliphatic rings. The van der Waals surface area contributed by atoms with E-state index in [1.165, 1.54) is 30.6 Å². The van der Waals surface area contributed by atoms with Crippen LogP contribution in [0.1, 0.15) is 19.3 Å². The van der Waals surface area contributed by atoms with Crippen molar-refractivity contribution in [3.05, 3.63) is 18.2 Å². The highest BCUT2D eigenvalue weighted by molar-refractivity contribution is 5.73. The monoisotopic (exact) mass is 219 g/mol. The lowest BCUT2D eigenvalue weighted by Crippen LogP contribution is -2.30. The molecule has 1 aliphatic heterocycles. The smallest absolute Gasteiger partial charge is 0.0620 e. The van der Waals surface area contributed by atoms with Crippen molar-refractivity contribution >= 4 is 17.1 Å². The summed E-state index contributed by atoms with van der Waals surface area (Å²) in [5.74, 6) is 0. The molecule has 0 radical (unpaired) electrons. The van der Waals surface area contributed by atoms with Crippen LogP contribution in [0.4, 0.5) is 17.1 Å². The Balaban J connectivity index is 2.27. The quantitative estimate of drug-likeness (QED) is 0.775. The van der Waals surface area contributed by atoms with Crippen LogP contribution < -0.4 is 15.5 Å². The highest BCUT2D eigenvalue weighted by Crippen LogP contribution is 2.30. The van der Waals surface area contributed by atoms with Gasteiger partial charge in [-0.2, -0.15) is 0 Å². The van der Waals surface area contributed by atoms with Crippen LogP contribution in [-0.4, -0.2) is 27.2 Å². The Hall–Kier alpha value is -1.38. The largest absolute Gasteiger partial charge is 0.397 e. The Morgan fingerprint density at radius 3 is 2.44 bits per heavy atom. The maximum absolute atomic E-state index is 6.06. The molecule has 0 spiro atoms. The predicted octanol–water partition coefficient (Wildman–Crippen LogP) is 2.33. The Labute approximate surface area is 97.8 Å². The summed E-state index contributed by atoms with van der Waals surface area (Å²) in [4.78, 5) is 4.53. The van der Waals surface area contributed by atoms with Gasteiger partial charge in [0, 0.05) is 32.9 Å². The minimum atomic E-state index is 0.896. The normalized spacial score (nSPS) is 16.2. The van der Waals surface area contributed by atoms with Crippen LogP contribution in [0.15, 0.2) is 18.2 Å². The first-order valence-corrected chi connectivity index (χ1v) is 6.00. The third kappa shape index (κ3) is 2.23. The number of benzene rings is 1. The number of hydrogen-bond acceptors (Lipinski definition) is 3. The Bertz CT molecular complexity index is 354. The van der Waals surface area contributed by atoms with Crippen molar-refractivity contribution in [2.24, 2.45) is 0 Å². The van der Waals surface area contributed by atoms with E-state index in [9.17, 15) is 0 Å². The van der Waals surface area contributed by atoms with E-state index < -0.39 is 0 Å². The zero-order valence-corrected chi connectivity index (χ0v) is 10.2. The van der Waals surface area contributed by atoms with Gasteiger partial charge in [-0.3, -0.25) is 0 Å². The Kier molecular flexibility index (Phi) is 3.22. The third-order valence-corrected chi connectivity index (χ3v) is 3.23. The predicted molar refractivity (Wildman–Crippen MR) is 71.2 cm³/mol. The second kappa shape index (κ2) is 4.64. The van der Waals surface area contributed by atoms with E-state index in [0.29, 0.717) is 0 Å². The average molecular weight is 219 g/mol. The van der Waals surface area contributed by atoms with Crippen LogP contribution in [0.5, 0.6) is 0 Å². The number of anilines is 3. The first-order valence-electron chi connectivity index (χ1n) is 6.00. The highest BCUT2D eigenvalue weighted by atomic mass is 15.1. The van der Waals surface area contributed by atoms with E-state index >= 15 is 0 Å². The number of hydrogen-bond donors (Lipinski definition) is 1. The standard InChI is InChI=1S/C13H21N3/c1-15(2)11-6-7-12(14)13(10-11)16-8-4-3-5-9-16/h6-7,10H,3-5,8-9,14H2,1-2H3. The molecule has 3 heteroatoms. The van der Waals surface area contributed by atoms with E-state index in [2.05, 4.69) is 36.0 Å².